The van der Waals surface area contributed by atoms with Gasteiger partial charge in [-0.2, -0.15) is 8.42 Å². The Morgan fingerprint density at radius 2 is 1.95 bits per heavy atom. The third-order valence-electron chi connectivity index (χ3n) is 2.66. The monoisotopic (exact) mass is 282 g/mol. The summed E-state index contributed by atoms with van der Waals surface area (Å²) in [5, 5.41) is 0. The van der Waals surface area contributed by atoms with Crippen molar-refractivity contribution in [2.24, 2.45) is 0 Å². The van der Waals surface area contributed by atoms with Gasteiger partial charge in [-0.25, -0.2) is 4.79 Å². The van der Waals surface area contributed by atoms with Crippen LogP contribution in [-0.2, 0) is 23.8 Å². The Labute approximate surface area is 112 Å². The van der Waals surface area contributed by atoms with Gasteiger partial charge in [0, 0.05) is 12.5 Å². The van der Waals surface area contributed by atoms with Gasteiger partial charge >= 0.3 is 5.97 Å². The predicted octanol–water partition coefficient (Wildman–Crippen LogP) is 1.57. The molecule has 1 aromatic carbocycles. The molecule has 1 heterocycles. The molecule has 0 N–H and O–H groups in total. The van der Waals surface area contributed by atoms with Gasteiger partial charge in [-0.3, -0.25) is 4.18 Å². The first-order valence-electron chi connectivity index (χ1n) is 5.82. The summed E-state index contributed by atoms with van der Waals surface area (Å²) in [6, 6.07) is 6.41. The summed E-state index contributed by atoms with van der Waals surface area (Å²) in [5.74, 6) is -0.411. The Kier molecular flexibility index (Phi) is 4.01. The Balaban J connectivity index is 1.89. The van der Waals surface area contributed by atoms with E-state index in [1.807, 2.05) is 6.92 Å². The quantitative estimate of drug-likeness (QED) is 0.605. The fourth-order valence-electron chi connectivity index (χ4n) is 1.62. The number of hydrogen-bond acceptors (Lipinski definition) is 5. The van der Waals surface area contributed by atoms with Gasteiger partial charge < -0.3 is 4.74 Å². The Morgan fingerprint density at radius 1 is 1.26 bits per heavy atom. The highest BCUT2D eigenvalue weighted by Gasteiger charge is 2.19. The second-order valence-electron chi connectivity index (χ2n) is 4.21. The third kappa shape index (κ3) is 3.65. The first-order chi connectivity index (χ1) is 8.97. The first kappa shape index (κ1) is 13.8. The molecule has 0 amide bonds. The zero-order chi connectivity index (χ0) is 13.9. The maximum Gasteiger partial charge on any atom is 0.331 e. The van der Waals surface area contributed by atoms with E-state index in [2.05, 4.69) is 0 Å². The number of carbonyl (C=O) groups is 1. The van der Waals surface area contributed by atoms with Gasteiger partial charge in [-0.15, -0.1) is 0 Å². The lowest BCUT2D eigenvalue weighted by Crippen LogP contribution is -2.14. The van der Waals surface area contributed by atoms with E-state index in [0.29, 0.717) is 6.42 Å². The van der Waals surface area contributed by atoms with Crippen molar-refractivity contribution >= 4 is 16.1 Å². The summed E-state index contributed by atoms with van der Waals surface area (Å²) in [7, 11) is -3.75. The number of rotatable bonds is 5. The van der Waals surface area contributed by atoms with Gasteiger partial charge in [0.25, 0.3) is 10.1 Å². The molecule has 0 fully saturated rings. The smallest absolute Gasteiger partial charge is 0.331 e. The minimum Gasteiger partial charge on any atom is -0.455 e. The lowest BCUT2D eigenvalue weighted by Gasteiger charge is -2.09. The molecular weight excluding hydrogens is 268 g/mol. The van der Waals surface area contributed by atoms with Crippen LogP contribution >= 0.6 is 0 Å². The maximum absolute atomic E-state index is 11.8. The second-order valence-corrected chi connectivity index (χ2v) is 5.83. The molecule has 19 heavy (non-hydrogen) atoms. The van der Waals surface area contributed by atoms with Crippen LogP contribution < -0.4 is 0 Å². The standard InChI is InChI=1S/C13H14O5S/c1-10-2-5-12(6-3-10)19(15,16)17-9-8-11-4-7-13(14)18-11/h2-7,11H,8-9H2,1H3. The fraction of sp³-hybridized carbons (Fsp3) is 0.308. The summed E-state index contributed by atoms with van der Waals surface area (Å²) in [4.78, 5) is 10.9. The van der Waals surface area contributed by atoms with E-state index < -0.39 is 22.2 Å². The predicted molar refractivity (Wildman–Crippen MR) is 68.0 cm³/mol. The van der Waals surface area contributed by atoms with E-state index in [1.165, 1.54) is 18.2 Å². The van der Waals surface area contributed by atoms with Crippen molar-refractivity contribution in [2.45, 2.75) is 24.3 Å². The molecule has 1 aliphatic heterocycles. The fourth-order valence-corrected chi connectivity index (χ4v) is 2.54. The van der Waals surface area contributed by atoms with E-state index in [0.717, 1.165) is 5.56 Å². The van der Waals surface area contributed by atoms with Crippen LogP contribution in [0.1, 0.15) is 12.0 Å². The molecule has 0 spiro atoms. The number of cyclic esters (lactones) is 1. The van der Waals surface area contributed by atoms with Crippen LogP contribution in [0.25, 0.3) is 0 Å². The number of esters is 1. The highest BCUT2D eigenvalue weighted by atomic mass is 32.2. The highest BCUT2D eigenvalue weighted by molar-refractivity contribution is 7.86. The zero-order valence-electron chi connectivity index (χ0n) is 10.4. The van der Waals surface area contributed by atoms with Crippen LogP contribution in [0, 0.1) is 6.92 Å². The number of carbonyl (C=O) groups excluding carboxylic acids is 1. The molecule has 0 bridgehead atoms. The Hall–Kier alpha value is -1.66. The topological polar surface area (TPSA) is 69.7 Å². The first-order valence-corrected chi connectivity index (χ1v) is 7.23. The molecule has 1 atom stereocenters. The SMILES string of the molecule is Cc1ccc(S(=O)(=O)OCCC2C=CC(=O)O2)cc1. The molecule has 6 heteroatoms. The molecule has 0 aliphatic carbocycles. The Morgan fingerprint density at radius 3 is 2.53 bits per heavy atom. The number of aryl methyl sites for hydroxylation is 1. The summed E-state index contributed by atoms with van der Waals surface area (Å²) < 4.78 is 33.4. The Bertz CT molecular complexity index is 586. The maximum atomic E-state index is 11.8. The van der Waals surface area contributed by atoms with Crippen LogP contribution in [0.3, 0.4) is 0 Å². The van der Waals surface area contributed by atoms with Gasteiger partial charge in [-0.1, -0.05) is 17.7 Å². The number of hydrogen-bond donors (Lipinski definition) is 0. The van der Waals surface area contributed by atoms with Crippen molar-refractivity contribution in [3.63, 3.8) is 0 Å². The van der Waals surface area contributed by atoms with Crippen LogP contribution in [0.15, 0.2) is 41.3 Å². The minimum absolute atomic E-state index is 0.0293. The molecule has 0 saturated carbocycles. The van der Waals surface area contributed by atoms with E-state index in [9.17, 15) is 13.2 Å². The highest BCUT2D eigenvalue weighted by Crippen LogP contribution is 2.15. The summed E-state index contributed by atoms with van der Waals surface area (Å²) >= 11 is 0. The van der Waals surface area contributed by atoms with Gasteiger partial charge in [0.05, 0.1) is 11.5 Å². The lowest BCUT2D eigenvalue weighted by atomic mass is 10.2. The van der Waals surface area contributed by atoms with E-state index in [4.69, 9.17) is 8.92 Å². The average Bonchev–Trinajstić information content (AvgIpc) is 2.75. The average molecular weight is 282 g/mol. The van der Waals surface area contributed by atoms with Crippen LogP contribution in [0.4, 0.5) is 0 Å². The van der Waals surface area contributed by atoms with Crippen molar-refractivity contribution in [3.8, 4) is 0 Å². The van der Waals surface area contributed by atoms with Crippen LogP contribution in [-0.4, -0.2) is 27.1 Å². The second kappa shape index (κ2) is 5.54. The molecule has 102 valence electrons. The van der Waals surface area contributed by atoms with E-state index >= 15 is 0 Å². The molecule has 1 unspecified atom stereocenters. The molecular formula is C13H14O5S. The number of ether oxygens (including phenoxy) is 1. The van der Waals surface area contributed by atoms with E-state index in [-0.39, 0.29) is 11.5 Å². The molecule has 5 nitrogen and oxygen atoms in total. The van der Waals surface area contributed by atoms with Crippen molar-refractivity contribution in [2.75, 3.05) is 6.61 Å². The molecule has 0 aromatic heterocycles. The summed E-state index contributed by atoms with van der Waals surface area (Å²) in [5.41, 5.74) is 0.974. The lowest BCUT2D eigenvalue weighted by molar-refractivity contribution is -0.138. The molecule has 1 aliphatic rings. The van der Waals surface area contributed by atoms with Gasteiger partial charge in [-0.05, 0) is 25.1 Å². The normalized spacial score (nSPS) is 18.6. The van der Waals surface area contributed by atoms with Crippen LogP contribution in [0.5, 0.6) is 0 Å². The number of benzene rings is 1. The zero-order valence-corrected chi connectivity index (χ0v) is 11.2. The van der Waals surface area contributed by atoms with E-state index in [1.54, 1.807) is 18.2 Å². The van der Waals surface area contributed by atoms with Gasteiger partial charge in [0.2, 0.25) is 0 Å². The molecule has 0 radical (unpaired) electrons. The van der Waals surface area contributed by atoms with Gasteiger partial charge in [0.1, 0.15) is 6.10 Å². The third-order valence-corrected chi connectivity index (χ3v) is 3.99. The van der Waals surface area contributed by atoms with Crippen molar-refractivity contribution in [1.82, 2.24) is 0 Å². The van der Waals surface area contributed by atoms with Crippen molar-refractivity contribution in [3.05, 3.63) is 42.0 Å². The molecule has 0 saturated heterocycles. The summed E-state index contributed by atoms with van der Waals surface area (Å²) in [6.07, 6.45) is 2.82. The van der Waals surface area contributed by atoms with Gasteiger partial charge in [0.15, 0.2) is 0 Å². The van der Waals surface area contributed by atoms with Crippen LogP contribution in [0.2, 0.25) is 0 Å². The summed E-state index contributed by atoms with van der Waals surface area (Å²) in [6.45, 7) is 1.84. The van der Waals surface area contributed by atoms with Crippen molar-refractivity contribution < 1.29 is 22.1 Å². The minimum atomic E-state index is -3.75. The molecule has 1 aromatic rings. The largest absolute Gasteiger partial charge is 0.455 e. The molecule has 2 rings (SSSR count). The van der Waals surface area contributed by atoms with Crippen molar-refractivity contribution in [1.29, 1.82) is 0 Å².